The lowest BCUT2D eigenvalue weighted by Crippen LogP contribution is -2.28. The third-order valence-corrected chi connectivity index (χ3v) is 4.97. The molecule has 0 spiro atoms. The summed E-state index contributed by atoms with van der Waals surface area (Å²) in [4.78, 5) is 25.0. The lowest BCUT2D eigenvalue weighted by molar-refractivity contribution is -0.140. The van der Waals surface area contributed by atoms with Crippen LogP contribution >= 0.6 is 0 Å². The van der Waals surface area contributed by atoms with E-state index in [4.69, 9.17) is 4.74 Å². The first kappa shape index (κ1) is 14.0. The van der Waals surface area contributed by atoms with Gasteiger partial charge in [-0.25, -0.2) is 0 Å². The zero-order valence-corrected chi connectivity index (χ0v) is 12.5. The number of hydrogen-bond donors (Lipinski definition) is 1. The highest BCUT2D eigenvalue weighted by molar-refractivity contribution is 6.06. The zero-order valence-electron chi connectivity index (χ0n) is 12.5. The van der Waals surface area contributed by atoms with Crippen LogP contribution in [0.4, 0.5) is 0 Å². The van der Waals surface area contributed by atoms with Crippen LogP contribution in [0.25, 0.3) is 0 Å². The van der Waals surface area contributed by atoms with Gasteiger partial charge < -0.3 is 9.84 Å². The fourth-order valence-electron chi connectivity index (χ4n) is 3.90. The number of allylic oxidation sites excluding steroid dienone is 2. The molecule has 0 aromatic heterocycles. The number of carbonyl (C=O) groups is 2. The molecule has 6 heteroatoms. The van der Waals surface area contributed by atoms with Crippen molar-refractivity contribution in [2.45, 2.75) is 6.42 Å². The molecule has 3 aliphatic rings. The molecule has 0 radical (unpaired) electrons. The van der Waals surface area contributed by atoms with Crippen LogP contribution in [-0.2, 0) is 9.59 Å². The molecular formula is C17H16N2O4. The Hall–Kier alpha value is -2.63. The number of carbonyl (C=O) groups excluding carboxylic acids is 2. The Labute approximate surface area is 133 Å². The summed E-state index contributed by atoms with van der Waals surface area (Å²) >= 11 is 0. The highest BCUT2D eigenvalue weighted by atomic mass is 16.5. The Morgan fingerprint density at radius 3 is 2.48 bits per heavy atom. The summed E-state index contributed by atoms with van der Waals surface area (Å²) in [6.45, 7) is 0. The predicted octanol–water partition coefficient (Wildman–Crippen LogP) is 1.54. The number of amides is 2. The third-order valence-electron chi connectivity index (χ3n) is 4.97. The second kappa shape index (κ2) is 4.94. The van der Waals surface area contributed by atoms with E-state index in [-0.39, 0.29) is 41.2 Å². The molecule has 4 atom stereocenters. The van der Waals surface area contributed by atoms with Crippen molar-refractivity contribution in [2.24, 2.45) is 28.8 Å². The lowest BCUT2D eigenvalue weighted by Gasteiger charge is -2.13. The van der Waals surface area contributed by atoms with Crippen LogP contribution in [-0.4, -0.2) is 35.3 Å². The van der Waals surface area contributed by atoms with Gasteiger partial charge in [-0.3, -0.25) is 9.59 Å². The molecule has 1 aliphatic heterocycles. The van der Waals surface area contributed by atoms with E-state index in [0.717, 1.165) is 11.4 Å². The fourth-order valence-corrected chi connectivity index (χ4v) is 3.90. The summed E-state index contributed by atoms with van der Waals surface area (Å²) in [6.07, 6.45) is 6.44. The van der Waals surface area contributed by atoms with E-state index in [1.165, 1.54) is 19.4 Å². The SMILES string of the molecule is COc1cc(C=NN2C(=O)C3C4C=CC(C4)C3C2=O)ccc1O. The summed E-state index contributed by atoms with van der Waals surface area (Å²) in [6, 6.07) is 4.71. The molecule has 1 saturated carbocycles. The Bertz CT molecular complexity index is 725. The van der Waals surface area contributed by atoms with Crippen LogP contribution in [0.15, 0.2) is 35.5 Å². The maximum Gasteiger partial charge on any atom is 0.254 e. The normalized spacial score (nSPS) is 31.4. The number of phenols is 1. The predicted molar refractivity (Wildman–Crippen MR) is 81.8 cm³/mol. The Kier molecular flexibility index (Phi) is 3.01. The number of phenolic OH excluding ortho intramolecular Hbond substituents is 1. The van der Waals surface area contributed by atoms with E-state index in [1.54, 1.807) is 12.1 Å². The number of benzene rings is 1. The monoisotopic (exact) mass is 312 g/mol. The highest BCUT2D eigenvalue weighted by Gasteiger charge is 2.59. The first-order valence-electron chi connectivity index (χ1n) is 7.57. The molecular weight excluding hydrogens is 296 g/mol. The molecule has 2 aliphatic carbocycles. The van der Waals surface area contributed by atoms with Gasteiger partial charge >= 0.3 is 0 Å². The van der Waals surface area contributed by atoms with Crippen molar-refractivity contribution in [3.8, 4) is 11.5 Å². The molecule has 4 rings (SSSR count). The summed E-state index contributed by atoms with van der Waals surface area (Å²) in [5.41, 5.74) is 0.637. The first-order valence-corrected chi connectivity index (χ1v) is 7.57. The molecule has 6 nitrogen and oxygen atoms in total. The minimum Gasteiger partial charge on any atom is -0.504 e. The van der Waals surface area contributed by atoms with Gasteiger partial charge in [0.25, 0.3) is 11.8 Å². The first-order chi connectivity index (χ1) is 11.1. The summed E-state index contributed by atoms with van der Waals surface area (Å²) in [5, 5.41) is 14.7. The maximum atomic E-state index is 12.5. The molecule has 2 amide bonds. The Balaban J connectivity index is 1.58. The molecule has 118 valence electrons. The quantitative estimate of drug-likeness (QED) is 0.522. The summed E-state index contributed by atoms with van der Waals surface area (Å²) < 4.78 is 5.03. The van der Waals surface area contributed by atoms with Crippen LogP contribution in [0.2, 0.25) is 0 Å². The van der Waals surface area contributed by atoms with Crippen molar-refractivity contribution >= 4 is 18.0 Å². The van der Waals surface area contributed by atoms with Crippen molar-refractivity contribution in [3.63, 3.8) is 0 Å². The minimum absolute atomic E-state index is 0.0233. The van der Waals surface area contributed by atoms with Gasteiger partial charge in [0.05, 0.1) is 25.2 Å². The van der Waals surface area contributed by atoms with Gasteiger partial charge in [0.15, 0.2) is 11.5 Å². The molecule has 1 saturated heterocycles. The summed E-state index contributed by atoms with van der Waals surface area (Å²) in [5.74, 6) is -0.223. The average molecular weight is 312 g/mol. The Morgan fingerprint density at radius 2 is 1.87 bits per heavy atom. The number of aromatic hydroxyl groups is 1. The lowest BCUT2D eigenvalue weighted by atomic mass is 9.85. The number of nitrogens with zero attached hydrogens (tertiary/aromatic N) is 2. The molecule has 1 aromatic carbocycles. The van der Waals surface area contributed by atoms with E-state index in [1.807, 2.05) is 0 Å². The van der Waals surface area contributed by atoms with E-state index in [2.05, 4.69) is 17.3 Å². The van der Waals surface area contributed by atoms with Gasteiger partial charge in [-0.05, 0) is 42.0 Å². The van der Waals surface area contributed by atoms with E-state index >= 15 is 0 Å². The smallest absolute Gasteiger partial charge is 0.254 e. The van der Waals surface area contributed by atoms with Crippen LogP contribution in [0.5, 0.6) is 11.5 Å². The minimum atomic E-state index is -0.246. The van der Waals surface area contributed by atoms with Crippen molar-refractivity contribution in [2.75, 3.05) is 7.11 Å². The van der Waals surface area contributed by atoms with Gasteiger partial charge in [-0.1, -0.05) is 12.2 Å². The maximum absolute atomic E-state index is 12.5. The number of methoxy groups -OCH3 is 1. The van der Waals surface area contributed by atoms with E-state index in [9.17, 15) is 14.7 Å². The standard InChI is InChI=1S/C17H16N2O4/c1-23-13-6-9(2-5-12(13)20)8-18-19-16(21)14-10-3-4-11(7-10)15(14)17(19)22/h2-6,8,10-11,14-15,20H,7H2,1H3. The van der Waals surface area contributed by atoms with Gasteiger partial charge in [-0.15, -0.1) is 0 Å². The van der Waals surface area contributed by atoms with Crippen molar-refractivity contribution in [3.05, 3.63) is 35.9 Å². The number of imide groups is 1. The third kappa shape index (κ3) is 1.98. The van der Waals surface area contributed by atoms with Crippen LogP contribution in [0.3, 0.4) is 0 Å². The largest absolute Gasteiger partial charge is 0.504 e. The molecule has 1 N–H and O–H groups in total. The zero-order chi connectivity index (χ0) is 16.1. The highest BCUT2D eigenvalue weighted by Crippen LogP contribution is 2.52. The molecule has 4 unspecified atom stereocenters. The number of hydrazone groups is 1. The number of rotatable bonds is 3. The van der Waals surface area contributed by atoms with Gasteiger partial charge in [0.1, 0.15) is 0 Å². The molecule has 2 fully saturated rings. The molecule has 1 aromatic rings. The second-order valence-corrected chi connectivity index (χ2v) is 6.16. The number of hydrogen-bond acceptors (Lipinski definition) is 5. The average Bonchev–Trinajstić information content (AvgIpc) is 3.22. The van der Waals surface area contributed by atoms with Crippen LogP contribution in [0.1, 0.15) is 12.0 Å². The molecule has 2 bridgehead atoms. The van der Waals surface area contributed by atoms with Gasteiger partial charge in [-0.2, -0.15) is 10.1 Å². The second-order valence-electron chi connectivity index (χ2n) is 6.16. The van der Waals surface area contributed by atoms with E-state index in [0.29, 0.717) is 11.3 Å². The van der Waals surface area contributed by atoms with Crippen molar-refractivity contribution in [1.29, 1.82) is 0 Å². The number of ether oxygens (including phenoxy) is 1. The number of fused-ring (bicyclic) bond motifs is 5. The fraction of sp³-hybridized carbons (Fsp3) is 0.353. The Morgan fingerprint density at radius 1 is 1.22 bits per heavy atom. The van der Waals surface area contributed by atoms with Crippen molar-refractivity contribution in [1.82, 2.24) is 5.01 Å². The summed E-state index contributed by atoms with van der Waals surface area (Å²) in [7, 11) is 1.45. The van der Waals surface area contributed by atoms with Crippen LogP contribution in [0, 0.1) is 23.7 Å². The van der Waals surface area contributed by atoms with Gasteiger partial charge in [0.2, 0.25) is 0 Å². The van der Waals surface area contributed by atoms with E-state index < -0.39 is 0 Å². The van der Waals surface area contributed by atoms with Crippen LogP contribution < -0.4 is 4.74 Å². The molecule has 23 heavy (non-hydrogen) atoms. The van der Waals surface area contributed by atoms with Crippen molar-refractivity contribution < 1.29 is 19.4 Å². The molecule has 1 heterocycles. The topological polar surface area (TPSA) is 79.2 Å². The van der Waals surface area contributed by atoms with Gasteiger partial charge in [0, 0.05) is 0 Å².